The van der Waals surface area contributed by atoms with Gasteiger partial charge in [0.15, 0.2) is 5.82 Å². The summed E-state index contributed by atoms with van der Waals surface area (Å²) in [4.78, 5) is 53.7. The first kappa shape index (κ1) is 24.9. The minimum atomic E-state index is -1.04. The van der Waals surface area contributed by atoms with Crippen LogP contribution in [0.2, 0.25) is 0 Å². The normalized spacial score (nSPS) is 11.6. The number of imide groups is 1. The standard InChI is InChI=1S/C18H26IN3O7/c1-8-27-12(23)10-21-9-11(19)13(20-14(21)24)22(15(25)28-17(2,3)4)16(26)29-18(5,6)7/h9H,8,10H2,1-7H3. The molecule has 0 N–H and O–H groups in total. The molecule has 0 atom stereocenters. The molecule has 0 radical (unpaired) electrons. The van der Waals surface area contributed by atoms with Crippen molar-refractivity contribution in [1.82, 2.24) is 9.55 Å². The Hall–Kier alpha value is -2.18. The van der Waals surface area contributed by atoms with Crippen molar-refractivity contribution in [3.8, 4) is 0 Å². The zero-order chi connectivity index (χ0) is 22.6. The van der Waals surface area contributed by atoms with Crippen LogP contribution >= 0.6 is 22.6 Å². The molecule has 1 aromatic rings. The molecule has 0 saturated carbocycles. The lowest BCUT2D eigenvalue weighted by Gasteiger charge is -2.28. The summed E-state index contributed by atoms with van der Waals surface area (Å²) < 4.78 is 16.6. The summed E-state index contributed by atoms with van der Waals surface area (Å²) in [6.45, 7) is 11.3. The summed E-state index contributed by atoms with van der Waals surface area (Å²) >= 11 is 1.80. The molecule has 29 heavy (non-hydrogen) atoms. The van der Waals surface area contributed by atoms with Crippen LogP contribution in [0.4, 0.5) is 15.4 Å². The van der Waals surface area contributed by atoms with E-state index in [0.29, 0.717) is 4.90 Å². The number of hydrogen-bond donors (Lipinski definition) is 0. The number of amides is 2. The monoisotopic (exact) mass is 523 g/mol. The quantitative estimate of drug-likeness (QED) is 0.336. The molecule has 1 aromatic heterocycles. The lowest BCUT2D eigenvalue weighted by Crippen LogP contribution is -2.45. The Morgan fingerprint density at radius 3 is 1.97 bits per heavy atom. The van der Waals surface area contributed by atoms with Crippen molar-refractivity contribution in [2.24, 2.45) is 0 Å². The average molecular weight is 523 g/mol. The van der Waals surface area contributed by atoms with Gasteiger partial charge in [0.2, 0.25) is 0 Å². The van der Waals surface area contributed by atoms with Crippen LogP contribution in [0.5, 0.6) is 0 Å². The zero-order valence-electron chi connectivity index (χ0n) is 17.6. The number of nitrogens with zero attached hydrogens (tertiary/aromatic N) is 3. The van der Waals surface area contributed by atoms with Crippen LogP contribution in [0.3, 0.4) is 0 Å². The molecular formula is C18H26IN3O7. The lowest BCUT2D eigenvalue weighted by atomic mass is 10.2. The average Bonchev–Trinajstić information content (AvgIpc) is 2.48. The van der Waals surface area contributed by atoms with E-state index in [-0.39, 0.29) is 22.5 Å². The summed E-state index contributed by atoms with van der Waals surface area (Å²) in [5.74, 6) is -0.865. The van der Waals surface area contributed by atoms with E-state index < -0.39 is 35.0 Å². The van der Waals surface area contributed by atoms with Crippen LogP contribution in [-0.4, -0.2) is 45.5 Å². The Balaban J connectivity index is 3.39. The number of esters is 1. The molecule has 0 unspecified atom stereocenters. The number of rotatable bonds is 4. The smallest absolute Gasteiger partial charge is 0.425 e. The molecule has 0 aliphatic heterocycles. The van der Waals surface area contributed by atoms with Crippen molar-refractivity contribution >= 4 is 46.6 Å². The fourth-order valence-corrected chi connectivity index (χ4v) is 2.63. The third-order valence-electron chi connectivity index (χ3n) is 2.90. The fraction of sp³-hybridized carbons (Fsp3) is 0.611. The third-order valence-corrected chi connectivity index (χ3v) is 3.66. The maximum absolute atomic E-state index is 12.7. The van der Waals surface area contributed by atoms with Gasteiger partial charge in [0.05, 0.1) is 10.2 Å². The third kappa shape index (κ3) is 7.99. The number of ether oxygens (including phenoxy) is 3. The highest BCUT2D eigenvalue weighted by Crippen LogP contribution is 2.23. The van der Waals surface area contributed by atoms with Crippen LogP contribution in [0, 0.1) is 3.57 Å². The predicted molar refractivity (Wildman–Crippen MR) is 113 cm³/mol. The predicted octanol–water partition coefficient (Wildman–Crippen LogP) is 3.09. The summed E-state index contributed by atoms with van der Waals surface area (Å²) in [6.07, 6.45) is -0.788. The summed E-state index contributed by atoms with van der Waals surface area (Å²) in [6, 6.07) is 0. The van der Waals surface area contributed by atoms with E-state index in [1.165, 1.54) is 6.20 Å². The number of anilines is 1. The SMILES string of the molecule is CCOC(=O)Cn1cc(I)c(N(C(=O)OC(C)(C)C)C(=O)OC(C)(C)C)nc1=O. The Morgan fingerprint density at radius 2 is 1.55 bits per heavy atom. The van der Waals surface area contributed by atoms with E-state index in [9.17, 15) is 19.2 Å². The first-order valence-corrected chi connectivity index (χ1v) is 9.91. The van der Waals surface area contributed by atoms with Crippen LogP contribution in [0.25, 0.3) is 0 Å². The number of halogens is 1. The molecule has 0 aromatic carbocycles. The molecule has 0 aliphatic rings. The van der Waals surface area contributed by atoms with Gasteiger partial charge >= 0.3 is 23.8 Å². The first-order chi connectivity index (χ1) is 13.1. The first-order valence-electron chi connectivity index (χ1n) is 8.83. The zero-order valence-corrected chi connectivity index (χ0v) is 19.7. The number of hydrogen-bond acceptors (Lipinski definition) is 8. The molecule has 0 fully saturated rings. The minimum absolute atomic E-state index is 0.168. The van der Waals surface area contributed by atoms with E-state index in [2.05, 4.69) is 4.98 Å². The van der Waals surface area contributed by atoms with Gasteiger partial charge in [0.1, 0.15) is 17.7 Å². The Kier molecular flexibility index (Phi) is 8.18. The molecular weight excluding hydrogens is 497 g/mol. The molecule has 0 aliphatic carbocycles. The molecule has 0 spiro atoms. The van der Waals surface area contributed by atoms with Crippen molar-refractivity contribution in [1.29, 1.82) is 0 Å². The molecule has 0 saturated heterocycles. The topological polar surface area (TPSA) is 117 Å². The molecule has 1 heterocycles. The highest BCUT2D eigenvalue weighted by atomic mass is 127. The second-order valence-corrected chi connectivity index (χ2v) is 9.09. The highest BCUT2D eigenvalue weighted by molar-refractivity contribution is 14.1. The van der Waals surface area contributed by atoms with Crippen LogP contribution in [0.1, 0.15) is 48.5 Å². The number of carbonyl (C=O) groups is 3. The van der Waals surface area contributed by atoms with Gasteiger partial charge in [-0.2, -0.15) is 9.88 Å². The van der Waals surface area contributed by atoms with Gasteiger partial charge < -0.3 is 14.2 Å². The molecule has 11 heteroatoms. The van der Waals surface area contributed by atoms with Crippen molar-refractivity contribution in [3.05, 3.63) is 20.3 Å². The highest BCUT2D eigenvalue weighted by Gasteiger charge is 2.35. The second-order valence-electron chi connectivity index (χ2n) is 7.92. The van der Waals surface area contributed by atoms with Crippen LogP contribution < -0.4 is 10.6 Å². The van der Waals surface area contributed by atoms with E-state index in [1.54, 1.807) is 71.1 Å². The van der Waals surface area contributed by atoms with Gasteiger partial charge in [-0.05, 0) is 71.1 Å². The van der Waals surface area contributed by atoms with E-state index in [0.717, 1.165) is 4.57 Å². The summed E-state index contributed by atoms with van der Waals surface area (Å²) in [7, 11) is 0. The van der Waals surface area contributed by atoms with Crippen LogP contribution in [0.15, 0.2) is 11.0 Å². The van der Waals surface area contributed by atoms with Gasteiger partial charge in [-0.25, -0.2) is 14.4 Å². The second kappa shape index (κ2) is 9.55. The van der Waals surface area contributed by atoms with E-state index in [4.69, 9.17) is 14.2 Å². The fourth-order valence-electron chi connectivity index (χ4n) is 1.94. The number of aromatic nitrogens is 2. The largest absolute Gasteiger partial charge is 0.465 e. The van der Waals surface area contributed by atoms with E-state index in [1.807, 2.05) is 0 Å². The maximum atomic E-state index is 12.7. The summed E-state index contributed by atoms with van der Waals surface area (Å²) in [5, 5.41) is 0. The van der Waals surface area contributed by atoms with Gasteiger partial charge in [-0.3, -0.25) is 9.36 Å². The summed E-state index contributed by atoms with van der Waals surface area (Å²) in [5.41, 5.74) is -2.64. The number of carbonyl (C=O) groups excluding carboxylic acids is 3. The van der Waals surface area contributed by atoms with Crippen molar-refractivity contribution in [3.63, 3.8) is 0 Å². The van der Waals surface area contributed by atoms with E-state index >= 15 is 0 Å². The lowest BCUT2D eigenvalue weighted by molar-refractivity contribution is -0.143. The van der Waals surface area contributed by atoms with Crippen molar-refractivity contribution < 1.29 is 28.6 Å². The van der Waals surface area contributed by atoms with Gasteiger partial charge in [0, 0.05) is 6.20 Å². The van der Waals surface area contributed by atoms with Gasteiger partial charge in [-0.15, -0.1) is 0 Å². The maximum Gasteiger partial charge on any atom is 0.425 e. The minimum Gasteiger partial charge on any atom is -0.465 e. The molecule has 1 rings (SSSR count). The molecule has 0 bridgehead atoms. The van der Waals surface area contributed by atoms with Gasteiger partial charge in [-0.1, -0.05) is 0 Å². The molecule has 2 amide bonds. The molecule has 162 valence electrons. The van der Waals surface area contributed by atoms with Crippen LogP contribution in [-0.2, 0) is 25.5 Å². The Labute approximate surface area is 182 Å². The van der Waals surface area contributed by atoms with Crippen molar-refractivity contribution in [2.45, 2.75) is 66.2 Å². The van der Waals surface area contributed by atoms with Crippen molar-refractivity contribution in [2.75, 3.05) is 11.5 Å². The Bertz CT molecular complexity index is 809. The molecule has 10 nitrogen and oxygen atoms in total. The Morgan fingerprint density at radius 1 is 1.07 bits per heavy atom. The van der Waals surface area contributed by atoms with Gasteiger partial charge in [0.25, 0.3) is 0 Å².